The van der Waals surface area contributed by atoms with Gasteiger partial charge in [0.15, 0.2) is 10.1 Å². The lowest BCUT2D eigenvalue weighted by molar-refractivity contribution is 0.0994. The van der Waals surface area contributed by atoms with E-state index in [4.69, 9.17) is 0 Å². The molecule has 0 radical (unpaired) electrons. The van der Waals surface area contributed by atoms with Crippen molar-refractivity contribution in [3.8, 4) is 0 Å². The average molecular weight is 384 g/mol. The molecule has 0 bridgehead atoms. The molecule has 0 unspecified atom stereocenters. The van der Waals surface area contributed by atoms with E-state index in [9.17, 15) is 4.79 Å². The van der Waals surface area contributed by atoms with E-state index in [1.165, 1.54) is 34.2 Å². The largest absolute Gasteiger partial charge is 0.330 e. The van der Waals surface area contributed by atoms with Crippen LogP contribution in [0.5, 0.6) is 0 Å². The number of rotatable bonds is 6. The van der Waals surface area contributed by atoms with Crippen LogP contribution in [-0.4, -0.2) is 21.2 Å². The van der Waals surface area contributed by atoms with Crippen LogP contribution < -0.4 is 5.32 Å². The Balaban J connectivity index is 1.66. The number of Topliss-reactive ketones (excluding diaryl/α,β-unsaturated/α-hetero) is 1. The molecule has 0 amide bonds. The van der Waals surface area contributed by atoms with E-state index in [2.05, 4.69) is 21.6 Å². The van der Waals surface area contributed by atoms with Gasteiger partial charge in [-0.05, 0) is 62.6 Å². The summed E-state index contributed by atoms with van der Waals surface area (Å²) in [5.41, 5.74) is 5.24. The SMILES string of the molecule is Cc1cccc(Nc2nnc(S[C@@H](C)C(=O)c3ccc(C)c(C)c3)s2)c1. The molecule has 0 spiro atoms. The standard InChI is InChI=1S/C20H21N3OS2/c1-12-6-5-7-17(10-12)21-19-22-23-20(26-19)25-15(4)18(24)16-9-8-13(2)14(3)11-16/h5-11,15H,1-4H3,(H,21,22)/t15-/m0/s1. The molecule has 1 atom stereocenters. The molecule has 3 rings (SSSR count). The number of hydrogen-bond donors (Lipinski definition) is 1. The van der Waals surface area contributed by atoms with Gasteiger partial charge in [0.25, 0.3) is 0 Å². The Hall–Kier alpha value is -2.18. The first-order valence-electron chi connectivity index (χ1n) is 8.37. The van der Waals surface area contributed by atoms with E-state index < -0.39 is 0 Å². The Labute approximate surface area is 162 Å². The summed E-state index contributed by atoms with van der Waals surface area (Å²) < 4.78 is 0.782. The number of anilines is 2. The van der Waals surface area contributed by atoms with Crippen LogP contribution in [0.2, 0.25) is 0 Å². The monoisotopic (exact) mass is 383 g/mol. The molecule has 0 fully saturated rings. The van der Waals surface area contributed by atoms with E-state index in [1.54, 1.807) is 0 Å². The molecule has 1 aromatic heterocycles. The van der Waals surface area contributed by atoms with Gasteiger partial charge in [0.1, 0.15) is 0 Å². The molecule has 0 aliphatic rings. The van der Waals surface area contributed by atoms with Crippen molar-refractivity contribution in [3.63, 3.8) is 0 Å². The Morgan fingerprint density at radius 1 is 1.08 bits per heavy atom. The second-order valence-electron chi connectivity index (χ2n) is 6.29. The fourth-order valence-corrected chi connectivity index (χ4v) is 4.48. The summed E-state index contributed by atoms with van der Waals surface area (Å²) in [4.78, 5) is 12.7. The van der Waals surface area contributed by atoms with Gasteiger partial charge in [-0.25, -0.2) is 0 Å². The summed E-state index contributed by atoms with van der Waals surface area (Å²) in [6.07, 6.45) is 0. The fourth-order valence-electron chi connectivity index (χ4n) is 2.49. The highest BCUT2D eigenvalue weighted by atomic mass is 32.2. The number of hydrogen-bond acceptors (Lipinski definition) is 6. The second kappa shape index (κ2) is 8.01. The van der Waals surface area contributed by atoms with Crippen LogP contribution in [0.4, 0.5) is 10.8 Å². The normalized spacial score (nSPS) is 12.0. The van der Waals surface area contributed by atoms with Crippen molar-refractivity contribution < 1.29 is 4.79 Å². The molecule has 1 heterocycles. The van der Waals surface area contributed by atoms with Gasteiger partial charge in [0, 0.05) is 11.3 Å². The highest BCUT2D eigenvalue weighted by molar-refractivity contribution is 8.02. The highest BCUT2D eigenvalue weighted by Gasteiger charge is 2.19. The van der Waals surface area contributed by atoms with E-state index in [0.29, 0.717) is 0 Å². The molecular formula is C20H21N3OS2. The zero-order valence-electron chi connectivity index (χ0n) is 15.2. The van der Waals surface area contributed by atoms with E-state index >= 15 is 0 Å². The first-order valence-corrected chi connectivity index (χ1v) is 10.1. The molecule has 3 aromatic rings. The maximum Gasteiger partial charge on any atom is 0.210 e. The molecule has 0 aliphatic heterocycles. The Bertz CT molecular complexity index is 936. The lowest BCUT2D eigenvalue weighted by atomic mass is 10.0. The number of carbonyl (C=O) groups is 1. The summed E-state index contributed by atoms with van der Waals surface area (Å²) in [7, 11) is 0. The third-order valence-electron chi connectivity index (χ3n) is 4.11. The molecule has 134 valence electrons. The Morgan fingerprint density at radius 3 is 2.62 bits per heavy atom. The average Bonchev–Trinajstić information content (AvgIpc) is 3.03. The molecule has 2 aromatic carbocycles. The molecule has 0 aliphatic carbocycles. The van der Waals surface area contributed by atoms with Crippen LogP contribution in [0.25, 0.3) is 0 Å². The van der Waals surface area contributed by atoms with Crippen LogP contribution in [0.15, 0.2) is 46.8 Å². The second-order valence-corrected chi connectivity index (χ2v) is 8.86. The van der Waals surface area contributed by atoms with Crippen LogP contribution in [0, 0.1) is 20.8 Å². The van der Waals surface area contributed by atoms with Gasteiger partial charge in [-0.1, -0.05) is 47.4 Å². The van der Waals surface area contributed by atoms with Gasteiger partial charge in [0.05, 0.1) is 5.25 Å². The number of carbonyl (C=O) groups excluding carboxylic acids is 1. The maximum atomic E-state index is 12.7. The minimum absolute atomic E-state index is 0.112. The van der Waals surface area contributed by atoms with Crippen LogP contribution in [0.1, 0.15) is 34.0 Å². The number of benzene rings is 2. The summed E-state index contributed by atoms with van der Waals surface area (Å²) >= 11 is 2.90. The summed E-state index contributed by atoms with van der Waals surface area (Å²) in [6.45, 7) is 8.04. The zero-order valence-corrected chi connectivity index (χ0v) is 16.9. The minimum atomic E-state index is -0.211. The lowest BCUT2D eigenvalue weighted by Gasteiger charge is -2.09. The predicted molar refractivity (Wildman–Crippen MR) is 110 cm³/mol. The molecular weight excluding hydrogens is 362 g/mol. The summed E-state index contributed by atoms with van der Waals surface area (Å²) in [5, 5.41) is 12.2. The van der Waals surface area contributed by atoms with E-state index in [1.807, 2.05) is 64.1 Å². The molecule has 1 N–H and O–H groups in total. The first-order chi connectivity index (χ1) is 12.4. The van der Waals surface area contributed by atoms with Crippen molar-refractivity contribution in [2.24, 2.45) is 0 Å². The summed E-state index contributed by atoms with van der Waals surface area (Å²) in [5.74, 6) is 0.112. The van der Waals surface area contributed by atoms with Gasteiger partial charge in [-0.3, -0.25) is 4.79 Å². The Kier molecular flexibility index (Phi) is 5.74. The van der Waals surface area contributed by atoms with E-state index in [0.717, 1.165) is 26.3 Å². The van der Waals surface area contributed by atoms with Crippen molar-refractivity contribution in [1.29, 1.82) is 0 Å². The Morgan fingerprint density at radius 2 is 1.88 bits per heavy atom. The number of thioether (sulfide) groups is 1. The number of aromatic nitrogens is 2. The van der Waals surface area contributed by atoms with Gasteiger partial charge < -0.3 is 5.32 Å². The van der Waals surface area contributed by atoms with Gasteiger partial charge in [0.2, 0.25) is 5.13 Å². The number of aryl methyl sites for hydroxylation is 3. The number of nitrogens with one attached hydrogen (secondary N) is 1. The van der Waals surface area contributed by atoms with Crippen molar-refractivity contribution >= 4 is 39.7 Å². The van der Waals surface area contributed by atoms with Crippen molar-refractivity contribution in [2.45, 2.75) is 37.3 Å². The number of ketones is 1. The minimum Gasteiger partial charge on any atom is -0.330 e. The quantitative estimate of drug-likeness (QED) is 0.445. The molecule has 26 heavy (non-hydrogen) atoms. The van der Waals surface area contributed by atoms with E-state index in [-0.39, 0.29) is 11.0 Å². The highest BCUT2D eigenvalue weighted by Crippen LogP contribution is 2.32. The zero-order chi connectivity index (χ0) is 18.7. The molecule has 4 nitrogen and oxygen atoms in total. The van der Waals surface area contributed by atoms with Gasteiger partial charge in [-0.15, -0.1) is 10.2 Å². The third kappa shape index (κ3) is 4.51. The lowest BCUT2D eigenvalue weighted by Crippen LogP contribution is -2.13. The molecule has 6 heteroatoms. The third-order valence-corrected chi connectivity index (χ3v) is 6.14. The smallest absolute Gasteiger partial charge is 0.210 e. The van der Waals surface area contributed by atoms with Crippen molar-refractivity contribution in [2.75, 3.05) is 5.32 Å². The maximum absolute atomic E-state index is 12.7. The first kappa shape index (κ1) is 18.6. The molecule has 0 saturated carbocycles. The fraction of sp³-hybridized carbons (Fsp3) is 0.250. The van der Waals surface area contributed by atoms with Crippen LogP contribution in [0.3, 0.4) is 0 Å². The van der Waals surface area contributed by atoms with Crippen LogP contribution >= 0.6 is 23.1 Å². The van der Waals surface area contributed by atoms with Gasteiger partial charge in [-0.2, -0.15) is 0 Å². The predicted octanol–water partition coefficient (Wildman–Crippen LogP) is 5.57. The van der Waals surface area contributed by atoms with Crippen LogP contribution in [-0.2, 0) is 0 Å². The topological polar surface area (TPSA) is 54.9 Å². The molecule has 0 saturated heterocycles. The summed E-state index contributed by atoms with van der Waals surface area (Å²) in [6, 6.07) is 13.9. The van der Waals surface area contributed by atoms with Crippen molar-refractivity contribution in [1.82, 2.24) is 10.2 Å². The van der Waals surface area contributed by atoms with Crippen molar-refractivity contribution in [3.05, 3.63) is 64.7 Å². The number of nitrogens with zero attached hydrogens (tertiary/aromatic N) is 2. The van der Waals surface area contributed by atoms with Gasteiger partial charge >= 0.3 is 0 Å².